The fourth-order valence-corrected chi connectivity index (χ4v) is 4.30. The van der Waals surface area contributed by atoms with Crippen LogP contribution in [0.1, 0.15) is 11.1 Å². The lowest BCUT2D eigenvalue weighted by molar-refractivity contribution is -0.114. The van der Waals surface area contributed by atoms with Crippen LogP contribution in [-0.2, 0) is 4.79 Å². The number of hydrogen-bond acceptors (Lipinski definition) is 4. The van der Waals surface area contributed by atoms with Crippen LogP contribution in [0.3, 0.4) is 0 Å². The molecule has 0 fully saturated rings. The van der Waals surface area contributed by atoms with E-state index in [1.165, 1.54) is 11.8 Å². The zero-order valence-electron chi connectivity index (χ0n) is 14.3. The number of halogens is 1. The number of amidine groups is 2. The highest BCUT2D eigenvalue weighted by atomic mass is 79.9. The van der Waals surface area contributed by atoms with E-state index in [4.69, 9.17) is 10.1 Å². The van der Waals surface area contributed by atoms with Gasteiger partial charge in [-0.15, -0.1) is 0 Å². The summed E-state index contributed by atoms with van der Waals surface area (Å²) in [5.74, 6) is 0.415. The number of carbonyl (C=O) groups excluding carboxylic acids is 1. The topological polar surface area (TPSA) is 65.8 Å². The van der Waals surface area contributed by atoms with Crippen molar-refractivity contribution in [3.05, 3.63) is 75.1 Å². The standard InChI is InChI=1S/C20H14BrN3O2S/c1-26-17-8-7-12(10-15(17)21)9-14-18(22)24-16(13-5-3-2-4-6-13)11-27-20(24)23-19(14)25/h2-11,22H,1H3/b14-9-,22-18?. The predicted octanol–water partition coefficient (Wildman–Crippen LogP) is 4.76. The molecular formula is C20H14BrN3O2S. The van der Waals surface area contributed by atoms with E-state index in [1.54, 1.807) is 18.1 Å². The molecular weight excluding hydrogens is 426 g/mol. The van der Waals surface area contributed by atoms with E-state index in [1.807, 2.05) is 53.9 Å². The van der Waals surface area contributed by atoms with Crippen molar-refractivity contribution in [3.8, 4) is 5.75 Å². The van der Waals surface area contributed by atoms with Gasteiger partial charge in [-0.05, 0) is 45.3 Å². The second-order valence-corrected chi connectivity index (χ2v) is 7.51. The molecule has 0 saturated carbocycles. The molecule has 7 heteroatoms. The quantitative estimate of drug-likeness (QED) is 0.699. The molecule has 4 rings (SSSR count). The number of thioether (sulfide) groups is 1. The molecule has 5 nitrogen and oxygen atoms in total. The van der Waals surface area contributed by atoms with Crippen LogP contribution in [0.5, 0.6) is 5.75 Å². The van der Waals surface area contributed by atoms with Crippen molar-refractivity contribution in [1.29, 1.82) is 5.41 Å². The van der Waals surface area contributed by atoms with Crippen LogP contribution in [0, 0.1) is 5.41 Å². The van der Waals surface area contributed by atoms with Gasteiger partial charge in [0.2, 0.25) is 0 Å². The van der Waals surface area contributed by atoms with Crippen molar-refractivity contribution >= 4 is 56.4 Å². The van der Waals surface area contributed by atoms with Crippen molar-refractivity contribution in [2.75, 3.05) is 7.11 Å². The Morgan fingerprint density at radius 3 is 2.70 bits per heavy atom. The van der Waals surface area contributed by atoms with Gasteiger partial charge in [0, 0.05) is 5.41 Å². The minimum Gasteiger partial charge on any atom is -0.496 e. The monoisotopic (exact) mass is 439 g/mol. The first-order valence-electron chi connectivity index (χ1n) is 8.08. The Bertz CT molecular complexity index is 1040. The van der Waals surface area contributed by atoms with E-state index in [0.29, 0.717) is 10.9 Å². The van der Waals surface area contributed by atoms with Gasteiger partial charge in [-0.2, -0.15) is 4.99 Å². The lowest BCUT2D eigenvalue weighted by Crippen LogP contribution is -2.38. The summed E-state index contributed by atoms with van der Waals surface area (Å²) in [6, 6.07) is 15.3. The van der Waals surface area contributed by atoms with Crippen molar-refractivity contribution in [2.45, 2.75) is 0 Å². The third kappa shape index (κ3) is 3.24. The highest BCUT2D eigenvalue weighted by Crippen LogP contribution is 2.37. The Balaban J connectivity index is 1.72. The highest BCUT2D eigenvalue weighted by Gasteiger charge is 2.36. The van der Waals surface area contributed by atoms with Crippen LogP contribution >= 0.6 is 27.7 Å². The molecule has 2 heterocycles. The Morgan fingerprint density at radius 1 is 1.22 bits per heavy atom. The molecule has 27 heavy (non-hydrogen) atoms. The number of ether oxygens (including phenoxy) is 1. The summed E-state index contributed by atoms with van der Waals surface area (Å²) in [6.07, 6.45) is 1.68. The van der Waals surface area contributed by atoms with Crippen molar-refractivity contribution in [3.63, 3.8) is 0 Å². The number of carbonyl (C=O) groups is 1. The number of aliphatic imine (C=N–C) groups is 1. The maximum atomic E-state index is 12.5. The maximum Gasteiger partial charge on any atom is 0.283 e. The molecule has 0 aromatic heterocycles. The van der Waals surface area contributed by atoms with Gasteiger partial charge >= 0.3 is 0 Å². The average molecular weight is 440 g/mol. The third-order valence-corrected chi connectivity index (χ3v) is 5.62. The van der Waals surface area contributed by atoms with Crippen molar-refractivity contribution in [2.24, 2.45) is 4.99 Å². The molecule has 134 valence electrons. The highest BCUT2D eigenvalue weighted by molar-refractivity contribution is 9.10. The minimum atomic E-state index is -0.409. The van der Waals surface area contributed by atoms with Crippen LogP contribution in [0.25, 0.3) is 11.8 Å². The molecule has 2 aliphatic heterocycles. The fraction of sp³-hybridized carbons (Fsp3) is 0.0500. The SMILES string of the molecule is COc1ccc(/C=C2/C(=N)N3C(c4ccccc4)=CSC3=NC2=O)cc1Br. The van der Waals surface area contributed by atoms with E-state index >= 15 is 0 Å². The average Bonchev–Trinajstić information content (AvgIpc) is 3.10. The molecule has 0 radical (unpaired) electrons. The molecule has 2 aromatic rings. The zero-order chi connectivity index (χ0) is 19.0. The first kappa shape index (κ1) is 17.8. The number of nitrogens with zero attached hydrogens (tertiary/aromatic N) is 2. The smallest absolute Gasteiger partial charge is 0.283 e. The summed E-state index contributed by atoms with van der Waals surface area (Å²) in [6.45, 7) is 0. The molecule has 0 spiro atoms. The molecule has 0 atom stereocenters. The van der Waals surface area contributed by atoms with E-state index < -0.39 is 5.91 Å². The van der Waals surface area contributed by atoms with Crippen LogP contribution < -0.4 is 4.74 Å². The lowest BCUT2D eigenvalue weighted by Gasteiger charge is -2.26. The minimum absolute atomic E-state index is 0.122. The van der Waals surface area contributed by atoms with Gasteiger partial charge in [-0.25, -0.2) is 0 Å². The molecule has 0 unspecified atom stereocenters. The van der Waals surface area contributed by atoms with Crippen LogP contribution in [0.4, 0.5) is 0 Å². The second-order valence-electron chi connectivity index (χ2n) is 5.82. The Morgan fingerprint density at radius 2 is 2.00 bits per heavy atom. The lowest BCUT2D eigenvalue weighted by atomic mass is 10.1. The van der Waals surface area contributed by atoms with E-state index in [0.717, 1.165) is 21.3 Å². The van der Waals surface area contributed by atoms with Gasteiger partial charge in [0.1, 0.15) is 11.6 Å². The van der Waals surface area contributed by atoms with Crippen LogP contribution in [0.15, 0.2) is 69.0 Å². The predicted molar refractivity (Wildman–Crippen MR) is 113 cm³/mol. The number of nitrogens with one attached hydrogen (secondary N) is 1. The summed E-state index contributed by atoms with van der Waals surface area (Å²) in [5.41, 5.74) is 2.85. The van der Waals surface area contributed by atoms with E-state index in [-0.39, 0.29) is 11.4 Å². The molecule has 0 aliphatic carbocycles. The number of rotatable bonds is 3. The number of fused-ring (bicyclic) bond motifs is 1. The zero-order valence-corrected chi connectivity index (χ0v) is 16.7. The third-order valence-electron chi connectivity index (χ3n) is 4.17. The Labute approximate surface area is 169 Å². The molecule has 0 saturated heterocycles. The van der Waals surface area contributed by atoms with Gasteiger partial charge in [0.05, 0.1) is 22.9 Å². The van der Waals surface area contributed by atoms with Gasteiger partial charge in [-0.1, -0.05) is 48.2 Å². The summed E-state index contributed by atoms with van der Waals surface area (Å²) < 4.78 is 6.01. The van der Waals surface area contributed by atoms with Crippen LogP contribution in [0.2, 0.25) is 0 Å². The van der Waals surface area contributed by atoms with E-state index in [9.17, 15) is 4.79 Å². The van der Waals surface area contributed by atoms with Gasteiger partial charge in [0.15, 0.2) is 5.17 Å². The van der Waals surface area contributed by atoms with Crippen molar-refractivity contribution in [1.82, 2.24) is 4.90 Å². The molecule has 2 aliphatic rings. The summed E-state index contributed by atoms with van der Waals surface area (Å²) in [7, 11) is 1.59. The first-order valence-corrected chi connectivity index (χ1v) is 9.75. The molecule has 2 aromatic carbocycles. The Hall–Kier alpha value is -2.64. The number of benzene rings is 2. The maximum absolute atomic E-state index is 12.5. The molecule has 0 bridgehead atoms. The number of methoxy groups -OCH3 is 1. The number of amides is 1. The van der Waals surface area contributed by atoms with Gasteiger partial charge < -0.3 is 4.74 Å². The van der Waals surface area contributed by atoms with Crippen molar-refractivity contribution < 1.29 is 9.53 Å². The summed E-state index contributed by atoms with van der Waals surface area (Å²) >= 11 is 4.80. The Kier molecular flexibility index (Phi) is 4.72. The first-order chi connectivity index (χ1) is 13.1. The van der Waals surface area contributed by atoms with Crippen LogP contribution in [-0.4, -0.2) is 28.9 Å². The normalized spacial score (nSPS) is 17.7. The van der Waals surface area contributed by atoms with Gasteiger partial charge in [0.25, 0.3) is 5.91 Å². The largest absolute Gasteiger partial charge is 0.496 e. The van der Waals surface area contributed by atoms with Gasteiger partial charge in [-0.3, -0.25) is 15.1 Å². The summed E-state index contributed by atoms with van der Waals surface area (Å²) in [4.78, 5) is 18.4. The fourth-order valence-electron chi connectivity index (χ4n) is 2.85. The molecule has 1 N–H and O–H groups in total. The second kappa shape index (κ2) is 7.17. The van der Waals surface area contributed by atoms with E-state index in [2.05, 4.69) is 20.9 Å². The summed E-state index contributed by atoms with van der Waals surface area (Å²) in [5, 5.41) is 11.1. The molecule has 1 amide bonds. The number of hydrogen-bond donors (Lipinski definition) is 1.